The zero-order valence-electron chi connectivity index (χ0n) is 15.9. The number of anilines is 1. The van der Waals surface area contributed by atoms with Gasteiger partial charge in [0.2, 0.25) is 0 Å². The van der Waals surface area contributed by atoms with Crippen LogP contribution in [-0.2, 0) is 9.53 Å². The molecular formula is C21H28N2O3. The standard InChI is InChI=1S/C21H28N2O3/c1-4-13-26-18-10-9-17(16-8-6-12-22-19(16)18)23-20(24)21(25-3)11-5-7-15(2)14-21/h6,8-10,12,15H,4-5,7,11,13-14H2,1-3H3,(H,23,24)/t15-,21-/m1/s1. The summed E-state index contributed by atoms with van der Waals surface area (Å²) in [6.07, 6.45) is 6.34. The molecule has 2 atom stereocenters. The Morgan fingerprint density at radius 1 is 1.38 bits per heavy atom. The molecule has 1 aliphatic carbocycles. The van der Waals surface area contributed by atoms with Gasteiger partial charge >= 0.3 is 0 Å². The van der Waals surface area contributed by atoms with Gasteiger partial charge < -0.3 is 14.8 Å². The minimum absolute atomic E-state index is 0.0704. The van der Waals surface area contributed by atoms with E-state index in [1.807, 2.05) is 24.3 Å². The van der Waals surface area contributed by atoms with E-state index in [2.05, 4.69) is 24.1 Å². The van der Waals surface area contributed by atoms with Crippen molar-refractivity contribution in [1.82, 2.24) is 4.98 Å². The van der Waals surface area contributed by atoms with Crippen LogP contribution >= 0.6 is 0 Å². The second kappa shape index (κ2) is 8.04. The number of fused-ring (bicyclic) bond motifs is 1. The minimum atomic E-state index is -0.746. The lowest BCUT2D eigenvalue weighted by atomic mass is 9.78. The monoisotopic (exact) mass is 356 g/mol. The summed E-state index contributed by atoms with van der Waals surface area (Å²) in [4.78, 5) is 17.5. The number of methoxy groups -OCH3 is 1. The molecule has 0 spiro atoms. The van der Waals surface area contributed by atoms with Crippen molar-refractivity contribution in [2.45, 2.75) is 51.6 Å². The second-order valence-electron chi connectivity index (χ2n) is 7.21. The topological polar surface area (TPSA) is 60.5 Å². The number of amides is 1. The SMILES string of the molecule is CCCOc1ccc(NC(=O)[C@@]2(OC)CCC[C@@H](C)C2)c2cccnc12. The third-order valence-corrected chi connectivity index (χ3v) is 5.20. The van der Waals surface area contributed by atoms with Gasteiger partial charge in [0, 0.05) is 18.7 Å². The molecule has 1 heterocycles. The first-order valence-corrected chi connectivity index (χ1v) is 9.47. The summed E-state index contributed by atoms with van der Waals surface area (Å²) in [7, 11) is 1.64. The van der Waals surface area contributed by atoms with E-state index in [4.69, 9.17) is 9.47 Å². The predicted molar refractivity (Wildman–Crippen MR) is 104 cm³/mol. The van der Waals surface area contributed by atoms with Gasteiger partial charge in [-0.25, -0.2) is 0 Å². The molecule has 140 valence electrons. The van der Waals surface area contributed by atoms with Crippen LogP contribution in [0.2, 0.25) is 0 Å². The Labute approximate surface area is 155 Å². The second-order valence-corrected chi connectivity index (χ2v) is 7.21. The molecule has 26 heavy (non-hydrogen) atoms. The number of ether oxygens (including phenoxy) is 2. The van der Waals surface area contributed by atoms with Crippen molar-refractivity contribution < 1.29 is 14.3 Å². The van der Waals surface area contributed by atoms with Crippen LogP contribution in [0.5, 0.6) is 5.75 Å². The fourth-order valence-corrected chi connectivity index (χ4v) is 3.81. The molecule has 1 aliphatic rings. The molecular weight excluding hydrogens is 328 g/mol. The molecule has 0 aliphatic heterocycles. The first kappa shape index (κ1) is 18.6. The maximum Gasteiger partial charge on any atom is 0.256 e. The van der Waals surface area contributed by atoms with Crippen LogP contribution in [-0.4, -0.2) is 30.2 Å². The molecule has 5 heteroatoms. The average Bonchev–Trinajstić information content (AvgIpc) is 2.67. The molecule has 0 unspecified atom stereocenters. The highest BCUT2D eigenvalue weighted by molar-refractivity contribution is 6.05. The van der Waals surface area contributed by atoms with Crippen LogP contribution < -0.4 is 10.1 Å². The number of aromatic nitrogens is 1. The first-order chi connectivity index (χ1) is 12.6. The Hall–Kier alpha value is -2.14. The van der Waals surface area contributed by atoms with E-state index < -0.39 is 5.60 Å². The van der Waals surface area contributed by atoms with Gasteiger partial charge in [0.1, 0.15) is 16.9 Å². The van der Waals surface area contributed by atoms with E-state index in [1.54, 1.807) is 13.3 Å². The lowest BCUT2D eigenvalue weighted by Crippen LogP contribution is -2.47. The van der Waals surface area contributed by atoms with Crippen molar-refractivity contribution in [3.63, 3.8) is 0 Å². The molecule has 1 fully saturated rings. The number of nitrogens with zero attached hydrogens (tertiary/aromatic N) is 1. The number of carbonyl (C=O) groups is 1. The normalized spacial score (nSPS) is 23.0. The Morgan fingerprint density at radius 3 is 2.96 bits per heavy atom. The van der Waals surface area contributed by atoms with E-state index >= 15 is 0 Å². The van der Waals surface area contributed by atoms with Gasteiger partial charge in [0.05, 0.1) is 12.3 Å². The largest absolute Gasteiger partial charge is 0.491 e. The van der Waals surface area contributed by atoms with Crippen LogP contribution in [0.3, 0.4) is 0 Å². The highest BCUT2D eigenvalue weighted by Gasteiger charge is 2.42. The average molecular weight is 356 g/mol. The van der Waals surface area contributed by atoms with Crippen LogP contribution in [0.15, 0.2) is 30.5 Å². The van der Waals surface area contributed by atoms with Crippen molar-refractivity contribution in [2.75, 3.05) is 19.0 Å². The number of nitrogens with one attached hydrogen (secondary N) is 1. The van der Waals surface area contributed by atoms with Gasteiger partial charge in [-0.05, 0) is 55.9 Å². The van der Waals surface area contributed by atoms with Gasteiger partial charge in [-0.1, -0.05) is 20.3 Å². The quantitative estimate of drug-likeness (QED) is 0.824. The Balaban J connectivity index is 1.90. The zero-order chi connectivity index (χ0) is 18.6. The van der Waals surface area contributed by atoms with Crippen LogP contribution in [0.25, 0.3) is 10.9 Å². The molecule has 0 saturated heterocycles. The Bertz CT molecular complexity index is 777. The molecule has 0 bridgehead atoms. The molecule has 2 aromatic rings. The van der Waals surface area contributed by atoms with E-state index in [1.165, 1.54) is 0 Å². The zero-order valence-corrected chi connectivity index (χ0v) is 15.9. The third kappa shape index (κ3) is 3.68. The molecule has 1 aromatic carbocycles. The van der Waals surface area contributed by atoms with E-state index in [-0.39, 0.29) is 5.91 Å². The number of pyridine rings is 1. The molecule has 1 saturated carbocycles. The number of hydrogen-bond donors (Lipinski definition) is 1. The maximum atomic E-state index is 13.1. The molecule has 1 aromatic heterocycles. The molecule has 3 rings (SSSR count). The van der Waals surface area contributed by atoms with Crippen LogP contribution in [0, 0.1) is 5.92 Å². The fraction of sp³-hybridized carbons (Fsp3) is 0.524. The van der Waals surface area contributed by atoms with Crippen molar-refractivity contribution >= 4 is 22.5 Å². The predicted octanol–water partition coefficient (Wildman–Crippen LogP) is 4.56. The van der Waals surface area contributed by atoms with Crippen molar-refractivity contribution in [2.24, 2.45) is 5.92 Å². The van der Waals surface area contributed by atoms with Gasteiger partial charge in [0.25, 0.3) is 5.91 Å². The lowest BCUT2D eigenvalue weighted by molar-refractivity contribution is -0.143. The van der Waals surface area contributed by atoms with E-state index in [0.717, 1.165) is 54.4 Å². The summed E-state index contributed by atoms with van der Waals surface area (Å²) < 4.78 is 11.5. The Morgan fingerprint density at radius 2 is 2.23 bits per heavy atom. The smallest absolute Gasteiger partial charge is 0.256 e. The summed E-state index contributed by atoms with van der Waals surface area (Å²) in [5.74, 6) is 1.16. The summed E-state index contributed by atoms with van der Waals surface area (Å²) in [5.41, 5.74) is 0.766. The lowest BCUT2D eigenvalue weighted by Gasteiger charge is -2.37. The van der Waals surface area contributed by atoms with Crippen LogP contribution in [0.1, 0.15) is 46.0 Å². The summed E-state index contributed by atoms with van der Waals surface area (Å²) in [6.45, 7) is 4.89. The number of hydrogen-bond acceptors (Lipinski definition) is 4. The molecule has 0 radical (unpaired) electrons. The third-order valence-electron chi connectivity index (χ3n) is 5.20. The van der Waals surface area contributed by atoms with Crippen molar-refractivity contribution in [1.29, 1.82) is 0 Å². The van der Waals surface area contributed by atoms with Crippen molar-refractivity contribution in [3.05, 3.63) is 30.5 Å². The first-order valence-electron chi connectivity index (χ1n) is 9.47. The maximum absolute atomic E-state index is 13.1. The fourth-order valence-electron chi connectivity index (χ4n) is 3.81. The van der Waals surface area contributed by atoms with Gasteiger partial charge in [-0.3, -0.25) is 9.78 Å². The summed E-state index contributed by atoms with van der Waals surface area (Å²) in [6, 6.07) is 7.60. The highest BCUT2D eigenvalue weighted by Crippen LogP contribution is 2.37. The number of carbonyl (C=O) groups excluding carboxylic acids is 1. The number of benzene rings is 1. The molecule has 1 N–H and O–H groups in total. The van der Waals surface area contributed by atoms with E-state index in [0.29, 0.717) is 12.5 Å². The van der Waals surface area contributed by atoms with Gasteiger partial charge in [0.15, 0.2) is 0 Å². The summed E-state index contributed by atoms with van der Waals surface area (Å²) >= 11 is 0. The number of rotatable bonds is 6. The minimum Gasteiger partial charge on any atom is -0.491 e. The summed E-state index contributed by atoms with van der Waals surface area (Å²) in [5, 5.41) is 3.97. The van der Waals surface area contributed by atoms with Crippen molar-refractivity contribution in [3.8, 4) is 5.75 Å². The highest BCUT2D eigenvalue weighted by atomic mass is 16.5. The molecule has 1 amide bonds. The Kier molecular flexibility index (Phi) is 5.77. The van der Waals surface area contributed by atoms with Crippen LogP contribution in [0.4, 0.5) is 5.69 Å². The van der Waals surface area contributed by atoms with E-state index in [9.17, 15) is 4.79 Å². The molecule has 5 nitrogen and oxygen atoms in total. The van der Waals surface area contributed by atoms with Gasteiger partial charge in [-0.2, -0.15) is 0 Å². The van der Waals surface area contributed by atoms with Gasteiger partial charge in [-0.15, -0.1) is 0 Å².